The van der Waals surface area contributed by atoms with Gasteiger partial charge in [-0.05, 0) is 36.6 Å². The summed E-state index contributed by atoms with van der Waals surface area (Å²) in [5.74, 6) is -0.990. The fourth-order valence-corrected chi connectivity index (χ4v) is 4.76. The molecule has 6 heteroatoms. The van der Waals surface area contributed by atoms with Crippen LogP contribution in [0.2, 0.25) is 0 Å². The van der Waals surface area contributed by atoms with E-state index in [0.717, 1.165) is 17.7 Å². The number of likely N-dealkylation sites (tertiary alicyclic amines) is 1. The smallest absolute Gasteiger partial charge is 0.258 e. The molecule has 2 aliphatic rings. The summed E-state index contributed by atoms with van der Waals surface area (Å²) in [6, 6.07) is 11.7. The number of nitrogens with one attached hydrogen (secondary N) is 1. The van der Waals surface area contributed by atoms with Crippen LogP contribution in [0.25, 0.3) is 0 Å². The highest BCUT2D eigenvalue weighted by atomic mass is 19.1. The second-order valence-electron chi connectivity index (χ2n) is 7.34. The third-order valence-corrected chi connectivity index (χ3v) is 5.98. The molecule has 5 nitrogen and oxygen atoms in total. The minimum absolute atomic E-state index is 0.0556. The zero-order valence-corrected chi connectivity index (χ0v) is 16.0. The van der Waals surface area contributed by atoms with Crippen LogP contribution in [-0.2, 0) is 10.2 Å². The highest BCUT2D eigenvalue weighted by molar-refractivity contribution is 6.08. The van der Waals surface area contributed by atoms with Crippen molar-refractivity contribution in [2.45, 2.75) is 37.6 Å². The number of methoxy groups -OCH3 is 1. The number of carbonyl (C=O) groups is 2. The largest absolute Gasteiger partial charge is 0.493 e. The summed E-state index contributed by atoms with van der Waals surface area (Å²) in [4.78, 5) is 28.2. The number of para-hydroxylation sites is 2. The summed E-state index contributed by atoms with van der Waals surface area (Å²) in [7, 11) is 1.35. The Labute approximate surface area is 163 Å². The van der Waals surface area contributed by atoms with Gasteiger partial charge >= 0.3 is 0 Å². The highest BCUT2D eigenvalue weighted by Crippen LogP contribution is 2.49. The molecule has 2 aliphatic heterocycles. The molecule has 2 amide bonds. The molecule has 1 fully saturated rings. The number of amides is 2. The summed E-state index contributed by atoms with van der Waals surface area (Å²) in [5.41, 5.74) is 1.18. The number of ether oxygens (including phenoxy) is 1. The van der Waals surface area contributed by atoms with E-state index >= 15 is 0 Å². The Kier molecular flexibility index (Phi) is 4.57. The quantitative estimate of drug-likeness (QED) is 0.876. The molecular formula is C22H23FN2O3. The molecule has 4 rings (SSSR count). The molecule has 1 N–H and O–H groups in total. The van der Waals surface area contributed by atoms with Gasteiger partial charge in [-0.3, -0.25) is 9.59 Å². The predicted molar refractivity (Wildman–Crippen MR) is 104 cm³/mol. The van der Waals surface area contributed by atoms with E-state index in [1.807, 2.05) is 31.2 Å². The third kappa shape index (κ3) is 2.51. The Bertz CT molecular complexity index is 945. The maximum Gasteiger partial charge on any atom is 0.258 e. The second kappa shape index (κ2) is 6.93. The highest BCUT2D eigenvalue weighted by Gasteiger charge is 2.58. The number of fused-ring (bicyclic) bond motifs is 2. The Balaban J connectivity index is 1.78. The van der Waals surface area contributed by atoms with E-state index in [2.05, 4.69) is 5.32 Å². The lowest BCUT2D eigenvalue weighted by Crippen LogP contribution is -2.48. The van der Waals surface area contributed by atoms with Gasteiger partial charge in [-0.1, -0.05) is 37.6 Å². The third-order valence-electron chi connectivity index (χ3n) is 5.98. The summed E-state index contributed by atoms with van der Waals surface area (Å²) < 4.78 is 19.3. The number of hydrogen-bond acceptors (Lipinski definition) is 3. The van der Waals surface area contributed by atoms with Crippen molar-refractivity contribution in [1.82, 2.24) is 4.90 Å². The molecule has 1 saturated heterocycles. The first-order valence-corrected chi connectivity index (χ1v) is 9.59. The summed E-state index contributed by atoms with van der Waals surface area (Å²) in [6.07, 6.45) is 2.06. The van der Waals surface area contributed by atoms with Crippen LogP contribution in [0.4, 0.5) is 10.1 Å². The van der Waals surface area contributed by atoms with Gasteiger partial charge in [0.25, 0.3) is 5.91 Å². The van der Waals surface area contributed by atoms with Gasteiger partial charge in [0.2, 0.25) is 5.91 Å². The van der Waals surface area contributed by atoms with E-state index in [-0.39, 0.29) is 29.2 Å². The fourth-order valence-electron chi connectivity index (χ4n) is 4.76. The average Bonchev–Trinajstić information content (AvgIpc) is 3.21. The first kappa shape index (κ1) is 18.5. The van der Waals surface area contributed by atoms with Gasteiger partial charge in [-0.15, -0.1) is 0 Å². The molecule has 0 saturated carbocycles. The maximum absolute atomic E-state index is 14.1. The molecule has 2 atom stereocenters. The Hall–Kier alpha value is -2.89. The van der Waals surface area contributed by atoms with Crippen LogP contribution in [-0.4, -0.2) is 36.4 Å². The summed E-state index contributed by atoms with van der Waals surface area (Å²) >= 11 is 0. The number of carbonyl (C=O) groups excluding carboxylic acids is 2. The van der Waals surface area contributed by atoms with Crippen molar-refractivity contribution in [3.8, 4) is 5.75 Å². The lowest BCUT2D eigenvalue weighted by atomic mass is 9.73. The minimum atomic E-state index is -0.761. The molecular weight excluding hydrogens is 359 g/mol. The lowest BCUT2D eigenvalue weighted by Gasteiger charge is -2.34. The fraction of sp³-hybridized carbons (Fsp3) is 0.364. The van der Waals surface area contributed by atoms with E-state index < -0.39 is 11.2 Å². The van der Waals surface area contributed by atoms with Crippen molar-refractivity contribution < 1.29 is 18.7 Å². The molecule has 2 aromatic carbocycles. The topological polar surface area (TPSA) is 58.6 Å². The van der Waals surface area contributed by atoms with Crippen LogP contribution >= 0.6 is 0 Å². The zero-order valence-electron chi connectivity index (χ0n) is 16.0. The van der Waals surface area contributed by atoms with Gasteiger partial charge in [0.1, 0.15) is 0 Å². The van der Waals surface area contributed by atoms with Gasteiger partial charge in [0.05, 0.1) is 24.1 Å². The minimum Gasteiger partial charge on any atom is -0.493 e. The van der Waals surface area contributed by atoms with E-state index in [1.54, 1.807) is 11.0 Å². The molecule has 0 aliphatic carbocycles. The normalized spacial score (nSPS) is 23.0. The van der Waals surface area contributed by atoms with E-state index in [4.69, 9.17) is 4.74 Å². The molecule has 1 spiro atoms. The van der Waals surface area contributed by atoms with E-state index in [1.165, 1.54) is 19.2 Å². The van der Waals surface area contributed by atoms with Crippen LogP contribution in [0.5, 0.6) is 5.75 Å². The standard InChI is InChI=1S/C22H23FN2O3/c1-3-7-18-22(15-9-4-5-11-17(15)24-21(22)27)12-13-25(18)20(26)14-8-6-10-16(23)19(14)28-2/h4-6,8-11,18H,3,7,12-13H2,1-2H3,(H,24,27)/t18-,22+/m0/s1. The van der Waals surface area contributed by atoms with Crippen molar-refractivity contribution in [3.05, 3.63) is 59.4 Å². The average molecular weight is 382 g/mol. The van der Waals surface area contributed by atoms with Crippen molar-refractivity contribution in [1.29, 1.82) is 0 Å². The van der Waals surface area contributed by atoms with Crippen LogP contribution in [0, 0.1) is 5.82 Å². The number of nitrogens with zero attached hydrogens (tertiary/aromatic N) is 1. The first-order chi connectivity index (χ1) is 13.5. The van der Waals surface area contributed by atoms with Gasteiger partial charge in [0.15, 0.2) is 11.6 Å². The maximum atomic E-state index is 14.1. The number of rotatable bonds is 4. The molecule has 2 aromatic rings. The second-order valence-corrected chi connectivity index (χ2v) is 7.34. The first-order valence-electron chi connectivity index (χ1n) is 9.59. The van der Waals surface area contributed by atoms with Crippen molar-refractivity contribution in [2.24, 2.45) is 0 Å². The van der Waals surface area contributed by atoms with Gasteiger partial charge in [-0.25, -0.2) is 4.39 Å². The van der Waals surface area contributed by atoms with Gasteiger partial charge in [0, 0.05) is 12.2 Å². The number of benzene rings is 2. The van der Waals surface area contributed by atoms with E-state index in [9.17, 15) is 14.0 Å². The SMILES string of the molecule is CCC[C@@H]1N(C(=O)c2cccc(F)c2OC)CC[C@]12C(=O)Nc1ccccc12. The zero-order chi connectivity index (χ0) is 19.9. The van der Waals surface area contributed by atoms with Gasteiger partial charge in [-0.2, -0.15) is 0 Å². The van der Waals surface area contributed by atoms with Gasteiger partial charge < -0.3 is 15.0 Å². The number of hydrogen-bond donors (Lipinski definition) is 1. The Morgan fingerprint density at radius 3 is 2.82 bits per heavy atom. The van der Waals surface area contributed by atoms with Crippen LogP contribution in [0.3, 0.4) is 0 Å². The van der Waals surface area contributed by atoms with E-state index in [0.29, 0.717) is 19.4 Å². The van der Waals surface area contributed by atoms with Crippen LogP contribution in [0.15, 0.2) is 42.5 Å². The molecule has 146 valence electrons. The molecule has 0 radical (unpaired) electrons. The van der Waals surface area contributed by atoms with Crippen molar-refractivity contribution in [3.63, 3.8) is 0 Å². The molecule has 0 aromatic heterocycles. The number of anilines is 1. The van der Waals surface area contributed by atoms with Crippen molar-refractivity contribution in [2.75, 3.05) is 19.0 Å². The predicted octanol–water partition coefficient (Wildman–Crippen LogP) is 3.74. The summed E-state index contributed by atoms with van der Waals surface area (Å²) in [5, 5.41) is 2.99. The number of halogens is 1. The van der Waals surface area contributed by atoms with Crippen LogP contribution in [0.1, 0.15) is 42.1 Å². The monoisotopic (exact) mass is 382 g/mol. The lowest BCUT2D eigenvalue weighted by molar-refractivity contribution is -0.121. The Morgan fingerprint density at radius 1 is 1.29 bits per heavy atom. The molecule has 2 heterocycles. The summed E-state index contributed by atoms with van der Waals surface area (Å²) in [6.45, 7) is 2.47. The molecule has 0 unspecified atom stereocenters. The Morgan fingerprint density at radius 2 is 2.07 bits per heavy atom. The van der Waals surface area contributed by atoms with Crippen molar-refractivity contribution >= 4 is 17.5 Å². The molecule has 0 bridgehead atoms. The van der Waals surface area contributed by atoms with Crippen LogP contribution < -0.4 is 10.1 Å². The molecule has 28 heavy (non-hydrogen) atoms.